The van der Waals surface area contributed by atoms with Crippen LogP contribution in [0.25, 0.3) is 0 Å². The third kappa shape index (κ3) is 4.90. The number of hydrogen-bond acceptors (Lipinski definition) is 5. The molecule has 132 valence electrons. The molecule has 0 spiro atoms. The lowest BCUT2D eigenvalue weighted by atomic mass is 10.1. The number of aromatic nitrogens is 1. The fourth-order valence-corrected chi connectivity index (χ4v) is 3.09. The molecule has 1 saturated heterocycles. The van der Waals surface area contributed by atoms with Crippen LogP contribution in [-0.4, -0.2) is 47.7 Å². The third-order valence-corrected chi connectivity index (χ3v) is 4.34. The topological polar surface area (TPSA) is 84.7 Å². The Kier molecular flexibility index (Phi) is 5.83. The summed E-state index contributed by atoms with van der Waals surface area (Å²) in [6.07, 6.45) is 3.17. The summed E-state index contributed by atoms with van der Waals surface area (Å²) in [5.41, 5.74) is 0.515. The maximum absolute atomic E-state index is 12.9. The second kappa shape index (κ2) is 8.26. The number of amides is 2. The molecule has 7 nitrogen and oxygen atoms in total. The van der Waals surface area contributed by atoms with Gasteiger partial charge in [-0.2, -0.15) is 0 Å². The minimum absolute atomic E-state index is 0.0454. The molecule has 2 aromatic rings. The highest BCUT2D eigenvalue weighted by Gasteiger charge is 2.25. The van der Waals surface area contributed by atoms with Crippen molar-refractivity contribution < 1.29 is 18.8 Å². The van der Waals surface area contributed by atoms with E-state index >= 15 is 0 Å². The van der Waals surface area contributed by atoms with E-state index in [1.165, 1.54) is 11.2 Å². The van der Waals surface area contributed by atoms with Crippen LogP contribution in [0.5, 0.6) is 0 Å². The van der Waals surface area contributed by atoms with Crippen LogP contribution < -0.4 is 5.32 Å². The Morgan fingerprint density at radius 3 is 2.92 bits per heavy atom. The van der Waals surface area contributed by atoms with Gasteiger partial charge in [-0.25, -0.2) is 0 Å². The van der Waals surface area contributed by atoms with E-state index in [9.17, 15) is 9.59 Å². The molecule has 3 rings (SSSR count). The van der Waals surface area contributed by atoms with Crippen molar-refractivity contribution >= 4 is 33.6 Å². The van der Waals surface area contributed by atoms with Crippen LogP contribution in [0.1, 0.15) is 23.2 Å². The molecule has 0 radical (unpaired) electrons. The number of benzene rings is 1. The van der Waals surface area contributed by atoms with Crippen LogP contribution in [-0.2, 0) is 9.53 Å². The molecule has 1 fully saturated rings. The van der Waals surface area contributed by atoms with Crippen molar-refractivity contribution in [1.29, 1.82) is 0 Å². The second-order valence-corrected chi connectivity index (χ2v) is 6.68. The summed E-state index contributed by atoms with van der Waals surface area (Å²) in [6.45, 7) is 0.977. The van der Waals surface area contributed by atoms with Gasteiger partial charge in [-0.05, 0) is 31.0 Å². The lowest BCUT2D eigenvalue weighted by molar-refractivity contribution is -0.117. The van der Waals surface area contributed by atoms with Gasteiger partial charge in [-0.3, -0.25) is 9.59 Å². The first-order valence-corrected chi connectivity index (χ1v) is 8.78. The van der Waals surface area contributed by atoms with Gasteiger partial charge >= 0.3 is 0 Å². The van der Waals surface area contributed by atoms with Gasteiger partial charge in [-0.1, -0.05) is 27.2 Å². The normalized spacial score (nSPS) is 16.6. The number of nitrogens with zero attached hydrogens (tertiary/aromatic N) is 2. The van der Waals surface area contributed by atoms with Crippen molar-refractivity contribution in [1.82, 2.24) is 10.1 Å². The molecular weight excluding hydrogens is 390 g/mol. The Balaban J connectivity index is 1.71. The molecule has 1 aliphatic rings. The summed E-state index contributed by atoms with van der Waals surface area (Å²) in [5.74, 6) is -0.237. The molecule has 2 heterocycles. The summed E-state index contributed by atoms with van der Waals surface area (Å²) in [6, 6.07) is 8.64. The van der Waals surface area contributed by atoms with Crippen LogP contribution in [0.4, 0.5) is 5.82 Å². The maximum atomic E-state index is 12.9. The highest BCUT2D eigenvalue weighted by Crippen LogP contribution is 2.17. The predicted molar refractivity (Wildman–Crippen MR) is 94.2 cm³/mol. The van der Waals surface area contributed by atoms with E-state index in [-0.39, 0.29) is 24.5 Å². The molecular formula is C17H18BrN3O4. The number of hydrogen-bond donors (Lipinski definition) is 1. The highest BCUT2D eigenvalue weighted by molar-refractivity contribution is 9.10. The van der Waals surface area contributed by atoms with Crippen molar-refractivity contribution in [2.45, 2.75) is 18.9 Å². The van der Waals surface area contributed by atoms with E-state index in [1.807, 2.05) is 6.07 Å². The van der Waals surface area contributed by atoms with Crippen LogP contribution in [0.15, 0.2) is 45.6 Å². The van der Waals surface area contributed by atoms with Gasteiger partial charge < -0.3 is 19.5 Å². The monoisotopic (exact) mass is 407 g/mol. The summed E-state index contributed by atoms with van der Waals surface area (Å²) in [4.78, 5) is 26.6. The Morgan fingerprint density at radius 1 is 1.36 bits per heavy atom. The fourth-order valence-electron chi connectivity index (χ4n) is 2.69. The zero-order valence-electron chi connectivity index (χ0n) is 13.5. The van der Waals surface area contributed by atoms with Crippen molar-refractivity contribution in [3.63, 3.8) is 0 Å². The average molecular weight is 408 g/mol. The molecule has 2 amide bonds. The Labute approximate surface area is 153 Å². The maximum Gasteiger partial charge on any atom is 0.254 e. The lowest BCUT2D eigenvalue weighted by Gasteiger charge is -2.25. The number of rotatable bonds is 6. The summed E-state index contributed by atoms with van der Waals surface area (Å²) >= 11 is 3.37. The second-order valence-electron chi connectivity index (χ2n) is 5.76. The summed E-state index contributed by atoms with van der Waals surface area (Å²) < 4.78 is 11.1. The van der Waals surface area contributed by atoms with Gasteiger partial charge in [0.2, 0.25) is 5.91 Å². The minimum atomic E-state index is -0.338. The molecule has 0 unspecified atom stereocenters. The van der Waals surface area contributed by atoms with Crippen molar-refractivity contribution in [2.24, 2.45) is 0 Å². The number of carbonyl (C=O) groups is 2. The van der Waals surface area contributed by atoms with Gasteiger partial charge in [0, 0.05) is 29.3 Å². The summed E-state index contributed by atoms with van der Waals surface area (Å²) in [5, 5.41) is 6.25. The number of halogens is 1. The average Bonchev–Trinajstić information content (AvgIpc) is 3.27. The van der Waals surface area contributed by atoms with E-state index < -0.39 is 0 Å². The van der Waals surface area contributed by atoms with Crippen molar-refractivity contribution in [3.05, 3.63) is 46.6 Å². The fraction of sp³-hybridized carbons (Fsp3) is 0.353. The van der Waals surface area contributed by atoms with Gasteiger partial charge in [0.05, 0.1) is 6.10 Å². The molecule has 0 saturated carbocycles. The van der Waals surface area contributed by atoms with E-state index in [0.717, 1.165) is 17.3 Å². The van der Waals surface area contributed by atoms with Gasteiger partial charge in [0.15, 0.2) is 5.82 Å². The largest absolute Gasteiger partial charge is 0.376 e. The minimum Gasteiger partial charge on any atom is -0.376 e. The molecule has 0 aliphatic carbocycles. The first kappa shape index (κ1) is 17.6. The Bertz CT molecular complexity index is 729. The molecule has 1 aromatic heterocycles. The lowest BCUT2D eigenvalue weighted by Crippen LogP contribution is -2.42. The molecule has 1 aliphatic heterocycles. The van der Waals surface area contributed by atoms with Gasteiger partial charge in [-0.15, -0.1) is 0 Å². The number of nitrogens with one attached hydrogen (secondary N) is 1. The van der Waals surface area contributed by atoms with E-state index in [0.29, 0.717) is 24.5 Å². The zero-order chi connectivity index (χ0) is 17.6. The Morgan fingerprint density at radius 2 is 2.24 bits per heavy atom. The quantitative estimate of drug-likeness (QED) is 0.795. The number of anilines is 1. The van der Waals surface area contributed by atoms with Gasteiger partial charge in [0.25, 0.3) is 5.91 Å². The first-order chi connectivity index (χ1) is 12.1. The van der Waals surface area contributed by atoms with Crippen LogP contribution >= 0.6 is 15.9 Å². The first-order valence-electron chi connectivity index (χ1n) is 7.98. The standard InChI is InChI=1S/C17H18BrN3O4/c18-13-4-1-3-12(9-13)17(23)21(10-14-5-2-7-24-14)11-16(22)19-15-6-8-25-20-15/h1,3-4,6,8-9,14H,2,5,7,10-11H2,(H,19,20,22)/t14-/m0/s1. The molecule has 25 heavy (non-hydrogen) atoms. The van der Waals surface area contributed by atoms with E-state index in [2.05, 4.69) is 30.9 Å². The van der Waals surface area contributed by atoms with Crippen molar-refractivity contribution in [3.8, 4) is 0 Å². The molecule has 8 heteroatoms. The van der Waals surface area contributed by atoms with Crippen molar-refractivity contribution in [2.75, 3.05) is 25.0 Å². The molecule has 1 aromatic carbocycles. The smallest absolute Gasteiger partial charge is 0.254 e. The molecule has 1 N–H and O–H groups in total. The van der Waals surface area contributed by atoms with Crippen LogP contribution in [0.2, 0.25) is 0 Å². The Hall–Kier alpha value is -2.19. The SMILES string of the molecule is O=C(CN(C[C@@H]1CCCO1)C(=O)c1cccc(Br)c1)Nc1ccon1. The molecule has 1 atom stereocenters. The number of carbonyl (C=O) groups excluding carboxylic acids is 2. The predicted octanol–water partition coefficient (Wildman–Crippen LogP) is 2.70. The van der Waals surface area contributed by atoms with E-state index in [1.54, 1.807) is 24.3 Å². The highest BCUT2D eigenvalue weighted by atomic mass is 79.9. The zero-order valence-corrected chi connectivity index (χ0v) is 15.1. The number of ether oxygens (including phenoxy) is 1. The van der Waals surface area contributed by atoms with Crippen LogP contribution in [0.3, 0.4) is 0 Å². The van der Waals surface area contributed by atoms with E-state index in [4.69, 9.17) is 4.74 Å². The third-order valence-electron chi connectivity index (χ3n) is 3.85. The van der Waals surface area contributed by atoms with Crippen LogP contribution in [0, 0.1) is 0 Å². The summed E-state index contributed by atoms with van der Waals surface area (Å²) in [7, 11) is 0. The van der Waals surface area contributed by atoms with Gasteiger partial charge in [0.1, 0.15) is 12.8 Å². The molecule has 0 bridgehead atoms.